The minimum atomic E-state index is -3.75. The summed E-state index contributed by atoms with van der Waals surface area (Å²) >= 11 is 5.72. The van der Waals surface area contributed by atoms with Crippen LogP contribution in [0.3, 0.4) is 0 Å². The molecule has 0 bridgehead atoms. The Hall–Kier alpha value is -2.71. The summed E-state index contributed by atoms with van der Waals surface area (Å²) in [6, 6.07) is 13.7. The number of anilines is 3. The van der Waals surface area contributed by atoms with Crippen LogP contribution in [0.4, 0.5) is 21.7 Å². The first-order valence-electron chi connectivity index (χ1n) is 7.49. The van der Waals surface area contributed by atoms with Gasteiger partial charge in [-0.3, -0.25) is 4.72 Å². The minimum Gasteiger partial charge on any atom is -0.339 e. The molecule has 9 heteroatoms. The first-order chi connectivity index (χ1) is 12.3. The smallest absolute Gasteiger partial charge is 0.263 e. The van der Waals surface area contributed by atoms with Crippen molar-refractivity contribution in [3.8, 4) is 0 Å². The Bertz CT molecular complexity index is 1040. The molecule has 0 spiro atoms. The first kappa shape index (κ1) is 18.1. The van der Waals surface area contributed by atoms with E-state index in [1.54, 1.807) is 31.2 Å². The predicted molar refractivity (Wildman–Crippen MR) is 98.7 cm³/mol. The summed E-state index contributed by atoms with van der Waals surface area (Å²) in [5.41, 5.74) is 1.36. The number of rotatable bonds is 5. The highest BCUT2D eigenvalue weighted by molar-refractivity contribution is 7.92. The molecule has 3 aromatic rings. The molecular weight excluding hydrogens is 379 g/mol. The van der Waals surface area contributed by atoms with Gasteiger partial charge in [0.2, 0.25) is 0 Å². The van der Waals surface area contributed by atoms with Gasteiger partial charge in [0, 0.05) is 5.69 Å². The second-order valence-electron chi connectivity index (χ2n) is 5.48. The van der Waals surface area contributed by atoms with E-state index in [9.17, 15) is 12.8 Å². The van der Waals surface area contributed by atoms with Gasteiger partial charge in [-0.15, -0.1) is 10.2 Å². The van der Waals surface area contributed by atoms with Crippen molar-refractivity contribution in [1.82, 2.24) is 10.2 Å². The van der Waals surface area contributed by atoms with Gasteiger partial charge in [-0.25, -0.2) is 12.8 Å². The van der Waals surface area contributed by atoms with E-state index in [0.29, 0.717) is 11.5 Å². The lowest BCUT2D eigenvalue weighted by atomic mass is 10.2. The standard InChI is InChI=1S/C17H14ClFN4O2S/c1-11-3-2-4-13(9-11)26(24,25)23-17-8-7-16(21-22-17)20-12-5-6-15(19)14(18)10-12/h2-10H,1H3,(H,20,21)(H,22,23). The molecule has 2 N–H and O–H groups in total. The van der Waals surface area contributed by atoms with Crippen LogP contribution in [0.25, 0.3) is 0 Å². The maximum absolute atomic E-state index is 13.2. The maximum Gasteiger partial charge on any atom is 0.263 e. The van der Waals surface area contributed by atoms with Crippen LogP contribution in [-0.4, -0.2) is 18.6 Å². The Balaban J connectivity index is 1.74. The number of nitrogens with zero attached hydrogens (tertiary/aromatic N) is 2. The van der Waals surface area contributed by atoms with Gasteiger partial charge in [0.25, 0.3) is 10.0 Å². The molecule has 0 fully saturated rings. The zero-order valence-corrected chi connectivity index (χ0v) is 15.1. The monoisotopic (exact) mass is 392 g/mol. The largest absolute Gasteiger partial charge is 0.339 e. The Morgan fingerprint density at radius 1 is 1.00 bits per heavy atom. The van der Waals surface area contributed by atoms with Gasteiger partial charge in [0.15, 0.2) is 11.6 Å². The Labute approximate surface area is 155 Å². The van der Waals surface area contributed by atoms with Crippen LogP contribution in [-0.2, 0) is 10.0 Å². The molecule has 3 rings (SSSR count). The second kappa shape index (κ2) is 7.27. The third kappa shape index (κ3) is 4.27. The average molecular weight is 393 g/mol. The molecular formula is C17H14ClFN4O2S. The maximum atomic E-state index is 13.2. The molecule has 26 heavy (non-hydrogen) atoms. The van der Waals surface area contributed by atoms with Gasteiger partial charge in [0.05, 0.1) is 9.92 Å². The van der Waals surface area contributed by atoms with Crippen molar-refractivity contribution in [3.63, 3.8) is 0 Å². The number of halogens is 2. The topological polar surface area (TPSA) is 84.0 Å². The molecule has 0 aliphatic heterocycles. The normalized spacial score (nSPS) is 11.2. The summed E-state index contributed by atoms with van der Waals surface area (Å²) in [6.07, 6.45) is 0. The summed E-state index contributed by atoms with van der Waals surface area (Å²) in [6.45, 7) is 1.81. The van der Waals surface area contributed by atoms with Gasteiger partial charge in [0.1, 0.15) is 5.82 Å². The quantitative estimate of drug-likeness (QED) is 0.682. The summed E-state index contributed by atoms with van der Waals surface area (Å²) < 4.78 is 40.2. The van der Waals surface area contributed by atoms with E-state index in [0.717, 1.165) is 5.56 Å². The highest BCUT2D eigenvalue weighted by Crippen LogP contribution is 2.22. The van der Waals surface area contributed by atoms with E-state index >= 15 is 0 Å². The molecule has 0 saturated heterocycles. The number of hydrogen-bond donors (Lipinski definition) is 2. The van der Waals surface area contributed by atoms with E-state index in [4.69, 9.17) is 11.6 Å². The van der Waals surface area contributed by atoms with E-state index in [2.05, 4.69) is 20.2 Å². The molecule has 0 aliphatic rings. The molecule has 0 saturated carbocycles. The molecule has 6 nitrogen and oxygen atoms in total. The van der Waals surface area contributed by atoms with Crippen LogP contribution < -0.4 is 10.0 Å². The highest BCUT2D eigenvalue weighted by Gasteiger charge is 2.15. The summed E-state index contributed by atoms with van der Waals surface area (Å²) in [5.74, 6) is -0.0930. The molecule has 0 unspecified atom stereocenters. The fourth-order valence-electron chi connectivity index (χ4n) is 2.15. The van der Waals surface area contributed by atoms with Crippen LogP contribution in [0, 0.1) is 12.7 Å². The number of benzene rings is 2. The molecule has 0 radical (unpaired) electrons. The van der Waals surface area contributed by atoms with Crippen LogP contribution in [0.2, 0.25) is 5.02 Å². The van der Waals surface area contributed by atoms with Crippen molar-refractivity contribution >= 4 is 38.9 Å². The van der Waals surface area contributed by atoms with Gasteiger partial charge in [-0.05, 0) is 55.0 Å². The summed E-state index contributed by atoms with van der Waals surface area (Å²) in [7, 11) is -3.75. The summed E-state index contributed by atoms with van der Waals surface area (Å²) in [4.78, 5) is 0.141. The average Bonchev–Trinajstić information content (AvgIpc) is 2.60. The number of aromatic nitrogens is 2. The molecule has 134 valence electrons. The van der Waals surface area contributed by atoms with Crippen molar-refractivity contribution in [2.24, 2.45) is 0 Å². The van der Waals surface area contributed by atoms with E-state index < -0.39 is 15.8 Å². The minimum absolute atomic E-state index is 0.0227. The lowest BCUT2D eigenvalue weighted by Crippen LogP contribution is -2.14. The van der Waals surface area contributed by atoms with E-state index in [1.165, 1.54) is 30.3 Å². The highest BCUT2D eigenvalue weighted by atomic mass is 35.5. The lowest BCUT2D eigenvalue weighted by Gasteiger charge is -2.09. The van der Waals surface area contributed by atoms with Crippen LogP contribution in [0.1, 0.15) is 5.56 Å². The fraction of sp³-hybridized carbons (Fsp3) is 0.0588. The second-order valence-corrected chi connectivity index (χ2v) is 7.57. The first-order valence-corrected chi connectivity index (χ1v) is 9.35. The Morgan fingerprint density at radius 3 is 2.38 bits per heavy atom. The summed E-state index contributed by atoms with van der Waals surface area (Å²) in [5, 5.41) is 10.6. The molecule has 0 amide bonds. The fourth-order valence-corrected chi connectivity index (χ4v) is 3.44. The van der Waals surface area contributed by atoms with Gasteiger partial charge < -0.3 is 5.32 Å². The predicted octanol–water partition coefficient (Wildman–Crippen LogP) is 4.12. The SMILES string of the molecule is Cc1cccc(S(=O)(=O)Nc2ccc(Nc3ccc(F)c(Cl)c3)nn2)c1. The number of hydrogen-bond acceptors (Lipinski definition) is 5. The molecule has 1 heterocycles. The van der Waals surface area contributed by atoms with Crippen LogP contribution >= 0.6 is 11.6 Å². The van der Waals surface area contributed by atoms with Gasteiger partial charge in [-0.2, -0.15) is 0 Å². The third-order valence-electron chi connectivity index (χ3n) is 3.40. The lowest BCUT2D eigenvalue weighted by molar-refractivity contribution is 0.601. The van der Waals surface area contributed by atoms with Crippen molar-refractivity contribution in [2.75, 3.05) is 10.0 Å². The van der Waals surface area contributed by atoms with Crippen LogP contribution in [0.15, 0.2) is 59.5 Å². The van der Waals surface area contributed by atoms with E-state index in [1.807, 2.05) is 0 Å². The number of aryl methyl sites for hydroxylation is 1. The Kier molecular flexibility index (Phi) is 5.06. The van der Waals surface area contributed by atoms with Crippen molar-refractivity contribution < 1.29 is 12.8 Å². The van der Waals surface area contributed by atoms with Gasteiger partial charge >= 0.3 is 0 Å². The zero-order valence-electron chi connectivity index (χ0n) is 13.6. The van der Waals surface area contributed by atoms with Crippen LogP contribution in [0.5, 0.6) is 0 Å². The molecule has 2 aromatic carbocycles. The molecule has 1 aromatic heterocycles. The van der Waals surface area contributed by atoms with Gasteiger partial charge in [-0.1, -0.05) is 23.7 Å². The van der Waals surface area contributed by atoms with Crippen molar-refractivity contribution in [3.05, 3.63) is 71.0 Å². The molecule has 0 atom stereocenters. The van der Waals surface area contributed by atoms with E-state index in [-0.39, 0.29) is 15.7 Å². The third-order valence-corrected chi connectivity index (χ3v) is 5.04. The Morgan fingerprint density at radius 2 is 1.73 bits per heavy atom. The molecule has 0 aliphatic carbocycles. The number of sulfonamides is 1. The zero-order chi connectivity index (χ0) is 18.7. The van der Waals surface area contributed by atoms with Crippen molar-refractivity contribution in [2.45, 2.75) is 11.8 Å². The number of nitrogens with one attached hydrogen (secondary N) is 2. The van der Waals surface area contributed by atoms with Crippen molar-refractivity contribution in [1.29, 1.82) is 0 Å².